The Labute approximate surface area is 202 Å². The SMILES string of the molecule is NCCCC[C@@H](N)COC(=O)N[C@@H](CCCCN)COC(=O)N[C@H](CCCCN)COC(N)=O. The topological polar surface area (TPSA) is 233 Å². The van der Waals surface area contributed by atoms with Gasteiger partial charge in [0.15, 0.2) is 0 Å². The number of carbonyl (C=O) groups is 3. The Bertz CT molecular complexity index is 556. The predicted molar refractivity (Wildman–Crippen MR) is 129 cm³/mol. The van der Waals surface area contributed by atoms with Gasteiger partial charge in [-0.1, -0.05) is 19.3 Å². The molecule has 0 aliphatic carbocycles. The molecule has 0 aromatic carbocycles. The molecule has 0 spiro atoms. The van der Waals surface area contributed by atoms with Crippen LogP contribution in [-0.4, -0.2) is 75.9 Å². The van der Waals surface area contributed by atoms with Crippen molar-refractivity contribution in [3.63, 3.8) is 0 Å². The van der Waals surface area contributed by atoms with Gasteiger partial charge in [-0.25, -0.2) is 14.4 Å². The minimum absolute atomic E-state index is 0.0692. The third kappa shape index (κ3) is 19.1. The zero-order valence-electron chi connectivity index (χ0n) is 20.2. The largest absolute Gasteiger partial charge is 0.448 e. The Morgan fingerprint density at radius 1 is 0.618 bits per heavy atom. The summed E-state index contributed by atoms with van der Waals surface area (Å²) in [6, 6.07) is -1.20. The highest BCUT2D eigenvalue weighted by Crippen LogP contribution is 2.05. The number of amides is 3. The monoisotopic (exact) mass is 491 g/mol. The van der Waals surface area contributed by atoms with Crippen LogP contribution in [0.15, 0.2) is 0 Å². The molecule has 0 bridgehead atoms. The highest BCUT2D eigenvalue weighted by atomic mass is 16.6. The maximum atomic E-state index is 12.3. The van der Waals surface area contributed by atoms with Gasteiger partial charge in [-0.05, 0) is 58.2 Å². The molecule has 13 heteroatoms. The minimum Gasteiger partial charge on any atom is -0.448 e. The zero-order chi connectivity index (χ0) is 25.6. The van der Waals surface area contributed by atoms with E-state index in [2.05, 4.69) is 10.6 Å². The number of unbranched alkanes of at least 4 members (excludes halogenated alkanes) is 3. The highest BCUT2D eigenvalue weighted by molar-refractivity contribution is 5.69. The van der Waals surface area contributed by atoms with Crippen LogP contribution in [0.1, 0.15) is 57.8 Å². The van der Waals surface area contributed by atoms with Crippen LogP contribution in [-0.2, 0) is 14.2 Å². The quantitative estimate of drug-likeness (QED) is 0.0888. The summed E-state index contributed by atoms with van der Waals surface area (Å²) in [7, 11) is 0. The molecule has 34 heavy (non-hydrogen) atoms. The molecule has 0 aromatic rings. The molecule has 12 N–H and O–H groups in total. The number of rotatable bonds is 20. The number of ether oxygens (including phenoxy) is 3. The molecule has 0 saturated carbocycles. The van der Waals surface area contributed by atoms with Gasteiger partial charge in [0.25, 0.3) is 0 Å². The molecule has 13 nitrogen and oxygen atoms in total. The first-order valence-electron chi connectivity index (χ1n) is 12.0. The van der Waals surface area contributed by atoms with Gasteiger partial charge in [0.05, 0.1) is 12.1 Å². The standard InChI is InChI=1S/C21H45N7O6/c22-10-4-1-7-16(25)13-33-20(30)28-18(9-3-6-12-24)15-34-21(31)27-17(8-2-5-11-23)14-32-19(26)29/h16-18H,1-15,22-25H2,(H2,26,29)(H,27,31)(H,28,30)/t16-,17-,18+/m1/s1. The van der Waals surface area contributed by atoms with E-state index in [1.165, 1.54) is 0 Å². The van der Waals surface area contributed by atoms with Crippen LogP contribution in [0.25, 0.3) is 0 Å². The fourth-order valence-electron chi connectivity index (χ4n) is 3.06. The number of hydrogen-bond donors (Lipinski definition) is 7. The first-order chi connectivity index (χ1) is 16.3. The Kier molecular flexibility index (Phi) is 19.7. The molecule has 0 rings (SSSR count). The summed E-state index contributed by atoms with van der Waals surface area (Å²) in [4.78, 5) is 35.3. The van der Waals surface area contributed by atoms with E-state index in [0.717, 1.165) is 38.5 Å². The van der Waals surface area contributed by atoms with Gasteiger partial charge in [-0.15, -0.1) is 0 Å². The van der Waals surface area contributed by atoms with Crippen molar-refractivity contribution in [3.8, 4) is 0 Å². The molecular weight excluding hydrogens is 446 g/mol. The zero-order valence-corrected chi connectivity index (χ0v) is 20.2. The Balaban J connectivity index is 4.61. The molecule has 0 radical (unpaired) electrons. The Hall–Kier alpha value is -2.35. The van der Waals surface area contributed by atoms with Crippen LogP contribution in [0, 0.1) is 0 Å². The van der Waals surface area contributed by atoms with Crippen LogP contribution in [0.4, 0.5) is 14.4 Å². The van der Waals surface area contributed by atoms with Crippen molar-refractivity contribution in [2.45, 2.75) is 75.9 Å². The number of alkyl carbamates (subject to hydrolysis) is 2. The summed E-state index contributed by atoms with van der Waals surface area (Å²) in [6.07, 6.45) is 4.25. The average Bonchev–Trinajstić information content (AvgIpc) is 2.79. The first-order valence-corrected chi connectivity index (χ1v) is 12.0. The summed E-state index contributed by atoms with van der Waals surface area (Å²) in [6.45, 7) is 1.56. The van der Waals surface area contributed by atoms with Gasteiger partial charge in [0.2, 0.25) is 0 Å². The lowest BCUT2D eigenvalue weighted by Gasteiger charge is -2.21. The minimum atomic E-state index is -0.930. The van der Waals surface area contributed by atoms with E-state index in [0.29, 0.717) is 38.9 Å². The first kappa shape index (κ1) is 31.6. The van der Waals surface area contributed by atoms with Crippen molar-refractivity contribution in [2.24, 2.45) is 28.7 Å². The van der Waals surface area contributed by atoms with Crippen LogP contribution in [0.2, 0.25) is 0 Å². The van der Waals surface area contributed by atoms with Crippen molar-refractivity contribution in [1.29, 1.82) is 0 Å². The molecule has 0 heterocycles. The summed E-state index contributed by atoms with van der Waals surface area (Å²) in [5.74, 6) is 0. The lowest BCUT2D eigenvalue weighted by Crippen LogP contribution is -2.44. The summed E-state index contributed by atoms with van der Waals surface area (Å²) >= 11 is 0. The van der Waals surface area contributed by atoms with E-state index in [1.807, 2.05) is 0 Å². The number of primary amides is 1. The van der Waals surface area contributed by atoms with E-state index >= 15 is 0 Å². The number of nitrogens with two attached hydrogens (primary N) is 5. The summed E-state index contributed by atoms with van der Waals surface area (Å²) in [5.41, 5.74) is 27.4. The summed E-state index contributed by atoms with van der Waals surface area (Å²) < 4.78 is 15.3. The average molecular weight is 492 g/mol. The smallest absolute Gasteiger partial charge is 0.407 e. The van der Waals surface area contributed by atoms with Gasteiger partial charge < -0.3 is 53.5 Å². The van der Waals surface area contributed by atoms with Crippen molar-refractivity contribution in [2.75, 3.05) is 39.5 Å². The fraction of sp³-hybridized carbons (Fsp3) is 0.857. The van der Waals surface area contributed by atoms with Gasteiger partial charge >= 0.3 is 18.3 Å². The Morgan fingerprint density at radius 3 is 1.47 bits per heavy atom. The maximum absolute atomic E-state index is 12.3. The molecule has 3 amide bonds. The number of carbonyl (C=O) groups excluding carboxylic acids is 3. The van der Waals surface area contributed by atoms with Crippen LogP contribution in [0.5, 0.6) is 0 Å². The molecular formula is C21H45N7O6. The lowest BCUT2D eigenvalue weighted by atomic mass is 10.1. The van der Waals surface area contributed by atoms with Crippen LogP contribution >= 0.6 is 0 Å². The molecule has 200 valence electrons. The van der Waals surface area contributed by atoms with Gasteiger partial charge in [-0.2, -0.15) is 0 Å². The summed E-state index contributed by atoms with van der Waals surface area (Å²) in [5, 5.41) is 5.35. The second-order valence-electron chi connectivity index (χ2n) is 8.12. The maximum Gasteiger partial charge on any atom is 0.407 e. The second kappa shape index (κ2) is 21.2. The molecule has 0 saturated heterocycles. The molecule has 0 aliphatic rings. The highest BCUT2D eigenvalue weighted by Gasteiger charge is 2.19. The van der Waals surface area contributed by atoms with Crippen molar-refractivity contribution in [1.82, 2.24) is 10.6 Å². The van der Waals surface area contributed by atoms with E-state index in [-0.39, 0.29) is 25.9 Å². The second-order valence-corrected chi connectivity index (χ2v) is 8.12. The fourth-order valence-corrected chi connectivity index (χ4v) is 3.06. The predicted octanol–water partition coefficient (Wildman–Crippen LogP) is -0.0144. The van der Waals surface area contributed by atoms with Crippen LogP contribution < -0.4 is 39.3 Å². The molecule has 3 atom stereocenters. The van der Waals surface area contributed by atoms with Crippen molar-refractivity contribution in [3.05, 3.63) is 0 Å². The van der Waals surface area contributed by atoms with E-state index in [4.69, 9.17) is 42.9 Å². The van der Waals surface area contributed by atoms with E-state index in [9.17, 15) is 14.4 Å². The normalized spacial score (nSPS) is 13.4. The lowest BCUT2D eigenvalue weighted by molar-refractivity contribution is 0.104. The number of nitrogens with one attached hydrogen (secondary N) is 2. The number of hydrogen-bond acceptors (Lipinski definition) is 10. The van der Waals surface area contributed by atoms with Gasteiger partial charge in [0, 0.05) is 6.04 Å². The van der Waals surface area contributed by atoms with Crippen molar-refractivity contribution >= 4 is 18.3 Å². The molecule has 0 aromatic heterocycles. The van der Waals surface area contributed by atoms with E-state index in [1.54, 1.807) is 0 Å². The molecule has 0 fully saturated rings. The molecule has 0 aliphatic heterocycles. The third-order valence-corrected chi connectivity index (χ3v) is 4.96. The van der Waals surface area contributed by atoms with Crippen LogP contribution in [0.3, 0.4) is 0 Å². The van der Waals surface area contributed by atoms with Crippen molar-refractivity contribution < 1.29 is 28.6 Å². The molecule has 0 unspecified atom stereocenters. The third-order valence-electron chi connectivity index (χ3n) is 4.96. The van der Waals surface area contributed by atoms with Gasteiger partial charge in [-0.3, -0.25) is 0 Å². The van der Waals surface area contributed by atoms with Gasteiger partial charge in [0.1, 0.15) is 19.8 Å². The Morgan fingerprint density at radius 2 is 1.03 bits per heavy atom. The van der Waals surface area contributed by atoms with E-state index < -0.39 is 30.4 Å².